The van der Waals surface area contributed by atoms with Crippen LogP contribution in [0.15, 0.2) is 42.5 Å². The maximum atomic E-state index is 13.8. The van der Waals surface area contributed by atoms with Gasteiger partial charge in [0, 0.05) is 30.6 Å². The second-order valence-corrected chi connectivity index (χ2v) is 7.08. The summed E-state index contributed by atoms with van der Waals surface area (Å²) in [4.78, 5) is 14.0. The van der Waals surface area contributed by atoms with Gasteiger partial charge in [0.25, 0.3) is 0 Å². The van der Waals surface area contributed by atoms with Crippen molar-refractivity contribution in [3.05, 3.63) is 65.0 Å². The van der Waals surface area contributed by atoms with E-state index in [1.54, 1.807) is 25.1 Å². The summed E-state index contributed by atoms with van der Waals surface area (Å²) in [5.74, 6) is 5.78. The van der Waals surface area contributed by atoms with E-state index in [-0.39, 0.29) is 36.3 Å². The molecule has 4 nitrogen and oxygen atoms in total. The molecule has 1 fully saturated rings. The van der Waals surface area contributed by atoms with Crippen molar-refractivity contribution in [2.24, 2.45) is 5.92 Å². The van der Waals surface area contributed by atoms with Crippen molar-refractivity contribution in [1.82, 2.24) is 4.90 Å². The molecule has 3 atom stereocenters. The minimum Gasteiger partial charge on any atom is -0.394 e. The number of carbonyl (C=O) groups is 1. The lowest BCUT2D eigenvalue weighted by atomic mass is 9.82. The second kappa shape index (κ2) is 7.05. The summed E-state index contributed by atoms with van der Waals surface area (Å²) >= 11 is 0. The number of hydrogen-bond donors (Lipinski definition) is 2. The summed E-state index contributed by atoms with van der Waals surface area (Å²) in [6.07, 6.45) is 0.854. The molecular weight excluding hydrogens is 343 g/mol. The Morgan fingerprint density at radius 3 is 2.85 bits per heavy atom. The Balaban J connectivity index is 1.73. The van der Waals surface area contributed by atoms with Gasteiger partial charge >= 0.3 is 0 Å². The molecule has 2 aromatic rings. The Morgan fingerprint density at radius 2 is 2.11 bits per heavy atom. The van der Waals surface area contributed by atoms with E-state index < -0.39 is 0 Å². The van der Waals surface area contributed by atoms with Crippen molar-refractivity contribution in [3.63, 3.8) is 0 Å². The van der Waals surface area contributed by atoms with Crippen LogP contribution in [0.1, 0.15) is 36.1 Å². The number of nitrogens with zero attached hydrogens (tertiary/aromatic N) is 1. The smallest absolute Gasteiger partial charge is 0.219 e. The van der Waals surface area contributed by atoms with Crippen LogP contribution in [0.2, 0.25) is 0 Å². The zero-order chi connectivity index (χ0) is 19.0. The summed E-state index contributed by atoms with van der Waals surface area (Å²) in [7, 11) is 0. The lowest BCUT2D eigenvalue weighted by molar-refractivity contribution is -0.130. The standard InChI is InChI=1S/C22H21FN2O2/c1-14(27)25-11-10-17-21(13-26)24-20-9-7-15(12-18(20)22(17)25)6-8-16-4-2-3-5-19(16)23/h2-5,7,9,12,17,21-22,24,26H,10-11,13H2,1H3/t17-,21+,22-/m1/s1. The van der Waals surface area contributed by atoms with E-state index in [2.05, 4.69) is 17.2 Å². The first-order valence-corrected chi connectivity index (χ1v) is 9.13. The second-order valence-electron chi connectivity index (χ2n) is 7.08. The Labute approximate surface area is 158 Å². The lowest BCUT2D eigenvalue weighted by Crippen LogP contribution is -2.42. The van der Waals surface area contributed by atoms with Gasteiger partial charge in [0.1, 0.15) is 5.82 Å². The highest BCUT2D eigenvalue weighted by atomic mass is 19.1. The molecular formula is C22H21FN2O2. The summed E-state index contributed by atoms with van der Waals surface area (Å²) in [6, 6.07) is 12.1. The van der Waals surface area contributed by atoms with E-state index in [9.17, 15) is 14.3 Å². The Bertz CT molecular complexity index is 947. The fourth-order valence-electron chi connectivity index (χ4n) is 4.20. The third kappa shape index (κ3) is 3.17. The molecule has 0 aromatic heterocycles. The summed E-state index contributed by atoms with van der Waals surface area (Å²) in [5.41, 5.74) is 3.06. The minimum absolute atomic E-state index is 0.0290. The highest BCUT2D eigenvalue weighted by Crippen LogP contribution is 2.46. The number of benzene rings is 2. The van der Waals surface area contributed by atoms with Crippen LogP contribution < -0.4 is 5.32 Å². The third-order valence-electron chi connectivity index (χ3n) is 5.49. The van der Waals surface area contributed by atoms with Gasteiger partial charge < -0.3 is 15.3 Å². The molecule has 0 spiro atoms. The molecule has 138 valence electrons. The molecule has 0 saturated carbocycles. The van der Waals surface area contributed by atoms with Crippen LogP contribution in [0.4, 0.5) is 10.1 Å². The number of aliphatic hydroxyl groups excluding tert-OH is 1. The SMILES string of the molecule is CC(=O)N1CC[C@@H]2[C@H](CO)Nc3ccc(C#Cc4ccccc4F)cc3[C@@H]21. The minimum atomic E-state index is -0.339. The van der Waals surface area contributed by atoms with Crippen LogP contribution in [0, 0.1) is 23.6 Å². The molecule has 2 N–H and O–H groups in total. The number of nitrogens with one attached hydrogen (secondary N) is 1. The van der Waals surface area contributed by atoms with Gasteiger partial charge in [-0.1, -0.05) is 24.0 Å². The molecule has 0 bridgehead atoms. The Hall–Kier alpha value is -2.84. The molecule has 1 amide bonds. The highest BCUT2D eigenvalue weighted by Gasteiger charge is 2.44. The molecule has 4 rings (SSSR count). The quantitative estimate of drug-likeness (QED) is 0.765. The zero-order valence-electron chi connectivity index (χ0n) is 15.1. The van der Waals surface area contributed by atoms with Gasteiger partial charge in [-0.25, -0.2) is 4.39 Å². The maximum Gasteiger partial charge on any atom is 0.219 e. The lowest BCUT2D eigenvalue weighted by Gasteiger charge is -2.39. The maximum absolute atomic E-state index is 13.8. The van der Waals surface area contributed by atoms with Crippen LogP contribution in [-0.4, -0.2) is 35.1 Å². The number of fused-ring (bicyclic) bond motifs is 3. The van der Waals surface area contributed by atoms with E-state index in [0.29, 0.717) is 12.1 Å². The fraction of sp³-hybridized carbons (Fsp3) is 0.318. The normalized spacial score (nSPS) is 22.9. The molecule has 0 radical (unpaired) electrons. The number of likely N-dealkylation sites (tertiary alicyclic amines) is 1. The van der Waals surface area contributed by atoms with Gasteiger partial charge in [-0.05, 0) is 42.3 Å². The Morgan fingerprint density at radius 1 is 1.30 bits per heavy atom. The van der Waals surface area contributed by atoms with Gasteiger partial charge in [-0.3, -0.25) is 4.79 Å². The molecule has 0 unspecified atom stereocenters. The van der Waals surface area contributed by atoms with E-state index in [0.717, 1.165) is 23.2 Å². The topological polar surface area (TPSA) is 52.6 Å². The summed E-state index contributed by atoms with van der Waals surface area (Å²) in [5, 5.41) is 13.1. The largest absolute Gasteiger partial charge is 0.394 e. The molecule has 2 heterocycles. The number of halogens is 1. The monoisotopic (exact) mass is 364 g/mol. The molecule has 2 aliphatic rings. The van der Waals surface area contributed by atoms with Crippen molar-refractivity contribution in [2.45, 2.75) is 25.4 Å². The summed E-state index contributed by atoms with van der Waals surface area (Å²) < 4.78 is 13.8. The Kier molecular flexibility index (Phi) is 4.59. The molecule has 2 aromatic carbocycles. The molecule has 1 saturated heterocycles. The van der Waals surface area contributed by atoms with Crippen LogP contribution in [0.25, 0.3) is 0 Å². The van der Waals surface area contributed by atoms with Crippen molar-refractivity contribution in [1.29, 1.82) is 0 Å². The van der Waals surface area contributed by atoms with E-state index in [1.807, 2.05) is 23.1 Å². The van der Waals surface area contributed by atoms with Crippen molar-refractivity contribution >= 4 is 11.6 Å². The number of aliphatic hydroxyl groups is 1. The van der Waals surface area contributed by atoms with Crippen molar-refractivity contribution in [2.75, 3.05) is 18.5 Å². The van der Waals surface area contributed by atoms with Gasteiger partial charge in [0.2, 0.25) is 5.91 Å². The predicted octanol–water partition coefficient (Wildman–Crippen LogP) is 2.92. The van der Waals surface area contributed by atoms with Gasteiger partial charge in [0.05, 0.1) is 24.3 Å². The van der Waals surface area contributed by atoms with Crippen LogP contribution >= 0.6 is 0 Å². The number of rotatable bonds is 1. The molecule has 2 aliphatic heterocycles. The third-order valence-corrected chi connectivity index (χ3v) is 5.49. The fourth-order valence-corrected chi connectivity index (χ4v) is 4.20. The van der Waals surface area contributed by atoms with Gasteiger partial charge in [-0.15, -0.1) is 0 Å². The molecule has 0 aliphatic carbocycles. The number of hydrogen-bond acceptors (Lipinski definition) is 3. The van der Waals surface area contributed by atoms with E-state index in [4.69, 9.17) is 0 Å². The van der Waals surface area contributed by atoms with Crippen molar-refractivity contribution in [3.8, 4) is 11.8 Å². The number of amides is 1. The average molecular weight is 364 g/mol. The van der Waals surface area contributed by atoms with Gasteiger partial charge in [-0.2, -0.15) is 0 Å². The number of anilines is 1. The van der Waals surface area contributed by atoms with Crippen LogP contribution in [0.3, 0.4) is 0 Å². The first-order valence-electron chi connectivity index (χ1n) is 9.13. The zero-order valence-corrected chi connectivity index (χ0v) is 15.1. The molecule has 5 heteroatoms. The van der Waals surface area contributed by atoms with E-state index >= 15 is 0 Å². The van der Waals surface area contributed by atoms with E-state index in [1.165, 1.54) is 6.07 Å². The van der Waals surface area contributed by atoms with Crippen LogP contribution in [-0.2, 0) is 4.79 Å². The van der Waals surface area contributed by atoms with Gasteiger partial charge in [0.15, 0.2) is 0 Å². The number of carbonyl (C=O) groups excluding carboxylic acids is 1. The average Bonchev–Trinajstić information content (AvgIpc) is 3.12. The van der Waals surface area contributed by atoms with Crippen molar-refractivity contribution < 1.29 is 14.3 Å². The predicted molar refractivity (Wildman–Crippen MR) is 102 cm³/mol. The molecule has 27 heavy (non-hydrogen) atoms. The highest BCUT2D eigenvalue weighted by molar-refractivity contribution is 5.75. The summed E-state index contributed by atoms with van der Waals surface area (Å²) in [6.45, 7) is 2.30. The first kappa shape index (κ1) is 17.6. The van der Waals surface area contributed by atoms with Crippen LogP contribution in [0.5, 0.6) is 0 Å². The first-order chi connectivity index (χ1) is 13.1.